The van der Waals surface area contributed by atoms with Crippen LogP contribution in [0.15, 0.2) is 54.9 Å². The fraction of sp³-hybridized carbons (Fsp3) is 0. The predicted octanol–water partition coefficient (Wildman–Crippen LogP) is 3.00. The molecule has 1 aromatic carbocycles. The minimum Gasteiger partial charge on any atom is -0.477 e. The van der Waals surface area contributed by atoms with E-state index < -0.39 is 5.97 Å². The molecule has 19 heavy (non-hydrogen) atoms. The molecule has 0 radical (unpaired) electrons. The van der Waals surface area contributed by atoms with Gasteiger partial charge in [-0.2, -0.15) is 0 Å². The van der Waals surface area contributed by atoms with E-state index in [0.29, 0.717) is 5.69 Å². The Morgan fingerprint density at radius 2 is 1.79 bits per heavy atom. The van der Waals surface area contributed by atoms with Crippen LogP contribution in [0.5, 0.6) is 0 Å². The average Bonchev–Trinajstić information content (AvgIpc) is 2.47. The van der Waals surface area contributed by atoms with Gasteiger partial charge >= 0.3 is 5.97 Å². The van der Waals surface area contributed by atoms with Gasteiger partial charge in [-0.25, -0.2) is 9.78 Å². The summed E-state index contributed by atoms with van der Waals surface area (Å²) in [6, 6.07) is 12.8. The number of hydrogen-bond donors (Lipinski definition) is 1. The first-order valence-electron chi connectivity index (χ1n) is 5.79. The second-order valence-electron chi connectivity index (χ2n) is 4.12. The SMILES string of the molecule is O=C(O)c1cc2ccccc2c(-c2ccncc2)n1. The number of carbonyl (C=O) groups is 1. The molecule has 2 heterocycles. The van der Waals surface area contributed by atoms with Crippen LogP contribution in [-0.2, 0) is 0 Å². The summed E-state index contributed by atoms with van der Waals surface area (Å²) < 4.78 is 0. The third-order valence-electron chi connectivity index (χ3n) is 2.91. The van der Waals surface area contributed by atoms with Crippen LogP contribution in [0.4, 0.5) is 0 Å². The fourth-order valence-corrected chi connectivity index (χ4v) is 2.04. The van der Waals surface area contributed by atoms with Crippen molar-refractivity contribution in [2.45, 2.75) is 0 Å². The van der Waals surface area contributed by atoms with E-state index in [2.05, 4.69) is 9.97 Å². The zero-order valence-electron chi connectivity index (χ0n) is 9.95. The number of aromatic nitrogens is 2. The van der Waals surface area contributed by atoms with Gasteiger partial charge in [-0.3, -0.25) is 4.98 Å². The van der Waals surface area contributed by atoms with Crippen molar-refractivity contribution in [3.05, 3.63) is 60.6 Å². The van der Waals surface area contributed by atoms with Crippen molar-refractivity contribution in [3.63, 3.8) is 0 Å². The van der Waals surface area contributed by atoms with Crippen LogP contribution in [0.2, 0.25) is 0 Å². The van der Waals surface area contributed by atoms with Crippen molar-refractivity contribution in [1.82, 2.24) is 9.97 Å². The topological polar surface area (TPSA) is 63.1 Å². The molecule has 0 aliphatic carbocycles. The largest absolute Gasteiger partial charge is 0.477 e. The van der Waals surface area contributed by atoms with Crippen LogP contribution in [0.1, 0.15) is 10.5 Å². The van der Waals surface area contributed by atoms with E-state index in [-0.39, 0.29) is 5.69 Å². The number of carboxylic acids is 1. The summed E-state index contributed by atoms with van der Waals surface area (Å²) in [5, 5.41) is 10.9. The summed E-state index contributed by atoms with van der Waals surface area (Å²) in [5.74, 6) is -1.03. The lowest BCUT2D eigenvalue weighted by molar-refractivity contribution is 0.0691. The number of carboxylic acid groups (broad SMARTS) is 1. The lowest BCUT2D eigenvalue weighted by Crippen LogP contribution is -2.01. The molecule has 2 aromatic heterocycles. The molecule has 0 aliphatic heterocycles. The minimum absolute atomic E-state index is 0.0468. The van der Waals surface area contributed by atoms with Crippen molar-refractivity contribution in [3.8, 4) is 11.3 Å². The number of fused-ring (bicyclic) bond motifs is 1. The highest BCUT2D eigenvalue weighted by molar-refractivity contribution is 5.99. The van der Waals surface area contributed by atoms with E-state index in [0.717, 1.165) is 16.3 Å². The number of nitrogens with zero attached hydrogens (tertiary/aromatic N) is 2. The van der Waals surface area contributed by atoms with Crippen molar-refractivity contribution in [2.75, 3.05) is 0 Å². The van der Waals surface area contributed by atoms with Gasteiger partial charge in [0.1, 0.15) is 5.69 Å². The molecule has 0 spiro atoms. The molecule has 0 atom stereocenters. The second kappa shape index (κ2) is 4.49. The van der Waals surface area contributed by atoms with Gasteiger partial charge in [0.25, 0.3) is 0 Å². The van der Waals surface area contributed by atoms with Gasteiger partial charge in [-0.05, 0) is 23.6 Å². The molecule has 0 aliphatic rings. The molecule has 3 aromatic rings. The standard InChI is InChI=1S/C15H10N2O2/c18-15(19)13-9-11-3-1-2-4-12(11)14(17-13)10-5-7-16-8-6-10/h1-9H,(H,18,19). The molecule has 3 rings (SSSR count). The Kier molecular flexibility index (Phi) is 2.68. The van der Waals surface area contributed by atoms with Gasteiger partial charge in [0.15, 0.2) is 0 Å². The van der Waals surface area contributed by atoms with Crippen LogP contribution in [0, 0.1) is 0 Å². The van der Waals surface area contributed by atoms with E-state index in [4.69, 9.17) is 5.11 Å². The average molecular weight is 250 g/mol. The fourth-order valence-electron chi connectivity index (χ4n) is 2.04. The third kappa shape index (κ3) is 2.04. The minimum atomic E-state index is -1.03. The molecule has 0 bridgehead atoms. The highest BCUT2D eigenvalue weighted by Gasteiger charge is 2.11. The first-order valence-corrected chi connectivity index (χ1v) is 5.79. The van der Waals surface area contributed by atoms with E-state index >= 15 is 0 Å². The summed E-state index contributed by atoms with van der Waals surface area (Å²) in [4.78, 5) is 19.4. The third-order valence-corrected chi connectivity index (χ3v) is 2.91. The van der Waals surface area contributed by atoms with Crippen LogP contribution in [-0.4, -0.2) is 21.0 Å². The summed E-state index contributed by atoms with van der Waals surface area (Å²) in [6.45, 7) is 0. The molecule has 92 valence electrons. The molecule has 1 N–H and O–H groups in total. The van der Waals surface area contributed by atoms with Crippen LogP contribution in [0.3, 0.4) is 0 Å². The molecular formula is C15H10N2O2. The van der Waals surface area contributed by atoms with Crippen LogP contribution >= 0.6 is 0 Å². The second-order valence-corrected chi connectivity index (χ2v) is 4.12. The van der Waals surface area contributed by atoms with Gasteiger partial charge in [-0.15, -0.1) is 0 Å². The van der Waals surface area contributed by atoms with E-state index in [1.165, 1.54) is 0 Å². The van der Waals surface area contributed by atoms with E-state index in [1.807, 2.05) is 36.4 Å². The maximum absolute atomic E-state index is 11.2. The van der Waals surface area contributed by atoms with Crippen molar-refractivity contribution in [2.24, 2.45) is 0 Å². The monoisotopic (exact) mass is 250 g/mol. The van der Waals surface area contributed by atoms with Gasteiger partial charge in [0.2, 0.25) is 0 Å². The normalized spacial score (nSPS) is 10.5. The Morgan fingerprint density at radius 3 is 2.53 bits per heavy atom. The molecule has 0 saturated carbocycles. The zero-order chi connectivity index (χ0) is 13.2. The highest BCUT2D eigenvalue weighted by atomic mass is 16.4. The summed E-state index contributed by atoms with van der Waals surface area (Å²) >= 11 is 0. The molecule has 4 nitrogen and oxygen atoms in total. The number of hydrogen-bond acceptors (Lipinski definition) is 3. The number of aromatic carboxylic acids is 1. The summed E-state index contributed by atoms with van der Waals surface area (Å²) in [6.07, 6.45) is 3.33. The molecular weight excluding hydrogens is 240 g/mol. The van der Waals surface area contributed by atoms with E-state index in [1.54, 1.807) is 18.5 Å². The maximum Gasteiger partial charge on any atom is 0.354 e. The van der Waals surface area contributed by atoms with Crippen LogP contribution in [0.25, 0.3) is 22.0 Å². The van der Waals surface area contributed by atoms with Crippen molar-refractivity contribution >= 4 is 16.7 Å². The van der Waals surface area contributed by atoms with Crippen molar-refractivity contribution < 1.29 is 9.90 Å². The number of rotatable bonds is 2. The lowest BCUT2D eigenvalue weighted by atomic mass is 10.0. The quantitative estimate of drug-likeness (QED) is 0.759. The van der Waals surface area contributed by atoms with Gasteiger partial charge in [0, 0.05) is 23.3 Å². The maximum atomic E-state index is 11.2. The Labute approximate surface area is 109 Å². The number of benzene rings is 1. The molecule has 0 amide bonds. The zero-order valence-corrected chi connectivity index (χ0v) is 9.95. The smallest absolute Gasteiger partial charge is 0.354 e. The first kappa shape index (κ1) is 11.3. The lowest BCUT2D eigenvalue weighted by Gasteiger charge is -2.07. The summed E-state index contributed by atoms with van der Waals surface area (Å²) in [5.41, 5.74) is 1.57. The Morgan fingerprint density at radius 1 is 1.05 bits per heavy atom. The highest BCUT2D eigenvalue weighted by Crippen LogP contribution is 2.27. The molecule has 0 unspecified atom stereocenters. The molecule has 0 saturated heterocycles. The Bertz CT molecular complexity index is 754. The number of pyridine rings is 2. The molecule has 0 fully saturated rings. The van der Waals surface area contributed by atoms with Crippen molar-refractivity contribution in [1.29, 1.82) is 0 Å². The van der Waals surface area contributed by atoms with Crippen LogP contribution < -0.4 is 0 Å². The Hall–Kier alpha value is -2.75. The predicted molar refractivity (Wildman–Crippen MR) is 71.9 cm³/mol. The summed E-state index contributed by atoms with van der Waals surface area (Å²) in [7, 11) is 0. The van der Waals surface area contributed by atoms with Gasteiger partial charge < -0.3 is 5.11 Å². The molecule has 4 heteroatoms. The first-order chi connectivity index (χ1) is 9.25. The van der Waals surface area contributed by atoms with Gasteiger partial charge in [-0.1, -0.05) is 24.3 Å². The van der Waals surface area contributed by atoms with Gasteiger partial charge in [0.05, 0.1) is 5.69 Å². The Balaban J connectivity index is 2.36. The van der Waals surface area contributed by atoms with E-state index in [9.17, 15) is 4.79 Å².